The van der Waals surface area contributed by atoms with Crippen LogP contribution in [0.15, 0.2) is 16.6 Å². The van der Waals surface area contributed by atoms with E-state index >= 15 is 0 Å². The molecule has 0 spiro atoms. The van der Waals surface area contributed by atoms with Crippen molar-refractivity contribution < 1.29 is 5.11 Å². The van der Waals surface area contributed by atoms with Gasteiger partial charge in [-0.3, -0.25) is 0 Å². The van der Waals surface area contributed by atoms with E-state index in [2.05, 4.69) is 25.9 Å². The SMILES string of the molecule is Cc1cc(Br)cc2c(O)nc(C3CC3)nc12. The predicted molar refractivity (Wildman–Crippen MR) is 65.6 cm³/mol. The highest BCUT2D eigenvalue weighted by atomic mass is 79.9. The molecule has 82 valence electrons. The topological polar surface area (TPSA) is 46.0 Å². The molecule has 1 aliphatic rings. The molecule has 0 saturated heterocycles. The van der Waals surface area contributed by atoms with Gasteiger partial charge in [0.15, 0.2) is 0 Å². The Kier molecular flexibility index (Phi) is 2.14. The van der Waals surface area contributed by atoms with Gasteiger partial charge in [-0.05, 0) is 37.5 Å². The van der Waals surface area contributed by atoms with Crippen molar-refractivity contribution in [2.45, 2.75) is 25.7 Å². The molecule has 1 saturated carbocycles. The number of benzene rings is 1. The van der Waals surface area contributed by atoms with Crippen LogP contribution in [0.2, 0.25) is 0 Å². The molecule has 1 aromatic heterocycles. The maximum atomic E-state index is 9.91. The number of aromatic nitrogens is 2. The summed E-state index contributed by atoms with van der Waals surface area (Å²) in [5, 5.41) is 10.6. The maximum absolute atomic E-state index is 9.91. The Hall–Kier alpha value is -1.16. The maximum Gasteiger partial charge on any atom is 0.222 e. The normalized spacial score (nSPS) is 15.6. The van der Waals surface area contributed by atoms with E-state index in [1.807, 2.05) is 19.1 Å². The van der Waals surface area contributed by atoms with E-state index < -0.39 is 0 Å². The van der Waals surface area contributed by atoms with Crippen LogP contribution in [0.4, 0.5) is 0 Å². The monoisotopic (exact) mass is 278 g/mol. The summed E-state index contributed by atoms with van der Waals surface area (Å²) in [4.78, 5) is 8.72. The number of nitrogens with zero attached hydrogens (tertiary/aromatic N) is 2. The fourth-order valence-electron chi connectivity index (χ4n) is 1.89. The second-order valence-corrected chi connectivity index (χ2v) is 5.21. The van der Waals surface area contributed by atoms with Crippen LogP contribution in [0, 0.1) is 6.92 Å². The number of fused-ring (bicyclic) bond motifs is 1. The first-order valence-corrected chi connectivity index (χ1v) is 6.11. The molecule has 2 aromatic rings. The zero-order valence-corrected chi connectivity index (χ0v) is 10.5. The van der Waals surface area contributed by atoms with Crippen LogP contribution in [-0.2, 0) is 0 Å². The summed E-state index contributed by atoms with van der Waals surface area (Å²) < 4.78 is 0.940. The van der Waals surface area contributed by atoms with Crippen molar-refractivity contribution >= 4 is 26.8 Å². The first-order chi connectivity index (χ1) is 7.65. The van der Waals surface area contributed by atoms with Crippen LogP contribution in [0.25, 0.3) is 10.9 Å². The summed E-state index contributed by atoms with van der Waals surface area (Å²) in [5.41, 5.74) is 1.92. The molecule has 1 aliphatic carbocycles. The third-order valence-electron chi connectivity index (χ3n) is 2.90. The molecule has 0 atom stereocenters. The fraction of sp³-hybridized carbons (Fsp3) is 0.333. The molecule has 1 aromatic carbocycles. The Morgan fingerprint density at radius 2 is 2.06 bits per heavy atom. The Labute approximate surface area is 102 Å². The number of aromatic hydroxyl groups is 1. The minimum Gasteiger partial charge on any atom is -0.493 e. The average Bonchev–Trinajstić information content (AvgIpc) is 3.02. The van der Waals surface area contributed by atoms with E-state index in [0.717, 1.165) is 39.6 Å². The van der Waals surface area contributed by atoms with Gasteiger partial charge in [-0.15, -0.1) is 0 Å². The van der Waals surface area contributed by atoms with Gasteiger partial charge in [0.25, 0.3) is 0 Å². The molecule has 1 N–H and O–H groups in total. The number of hydrogen-bond acceptors (Lipinski definition) is 3. The Balaban J connectivity index is 2.32. The van der Waals surface area contributed by atoms with Crippen LogP contribution in [0.1, 0.15) is 30.1 Å². The third kappa shape index (κ3) is 1.57. The number of halogens is 1. The van der Waals surface area contributed by atoms with Crippen molar-refractivity contribution in [3.63, 3.8) is 0 Å². The van der Waals surface area contributed by atoms with Gasteiger partial charge in [0.2, 0.25) is 5.88 Å². The van der Waals surface area contributed by atoms with Crippen molar-refractivity contribution in [3.05, 3.63) is 28.0 Å². The Morgan fingerprint density at radius 3 is 2.75 bits per heavy atom. The lowest BCUT2D eigenvalue weighted by Gasteiger charge is -2.06. The van der Waals surface area contributed by atoms with Crippen molar-refractivity contribution in [1.29, 1.82) is 0 Å². The van der Waals surface area contributed by atoms with Gasteiger partial charge in [-0.25, -0.2) is 4.98 Å². The van der Waals surface area contributed by atoms with Crippen molar-refractivity contribution in [1.82, 2.24) is 9.97 Å². The third-order valence-corrected chi connectivity index (χ3v) is 3.35. The van der Waals surface area contributed by atoms with Gasteiger partial charge in [0.05, 0.1) is 10.9 Å². The largest absolute Gasteiger partial charge is 0.493 e. The lowest BCUT2D eigenvalue weighted by atomic mass is 10.1. The summed E-state index contributed by atoms with van der Waals surface area (Å²) in [6, 6.07) is 3.86. The van der Waals surface area contributed by atoms with Crippen LogP contribution in [0.3, 0.4) is 0 Å². The van der Waals surface area contributed by atoms with Crippen molar-refractivity contribution in [2.24, 2.45) is 0 Å². The van der Waals surface area contributed by atoms with E-state index in [-0.39, 0.29) is 5.88 Å². The average molecular weight is 279 g/mol. The van der Waals surface area contributed by atoms with E-state index in [4.69, 9.17) is 0 Å². The summed E-state index contributed by atoms with van der Waals surface area (Å²) in [6.07, 6.45) is 2.28. The standard InChI is InChI=1S/C12H11BrN2O/c1-6-4-8(13)5-9-10(6)14-11(7-2-3-7)15-12(9)16/h4-5,7H,2-3H2,1H3,(H,14,15,16). The van der Waals surface area contributed by atoms with Gasteiger partial charge in [-0.1, -0.05) is 15.9 Å². The molecule has 0 radical (unpaired) electrons. The zero-order chi connectivity index (χ0) is 11.3. The van der Waals surface area contributed by atoms with Gasteiger partial charge in [0.1, 0.15) is 5.82 Å². The van der Waals surface area contributed by atoms with E-state index in [1.54, 1.807) is 0 Å². The highest BCUT2D eigenvalue weighted by Crippen LogP contribution is 2.40. The van der Waals surface area contributed by atoms with Crippen molar-refractivity contribution in [3.8, 4) is 5.88 Å². The van der Waals surface area contributed by atoms with Crippen molar-refractivity contribution in [2.75, 3.05) is 0 Å². The highest BCUT2D eigenvalue weighted by Gasteiger charge is 2.27. The van der Waals surface area contributed by atoms with Crippen LogP contribution < -0.4 is 0 Å². The Bertz CT molecular complexity index is 579. The molecular weight excluding hydrogens is 268 g/mol. The number of aryl methyl sites for hydroxylation is 1. The summed E-state index contributed by atoms with van der Waals surface area (Å²) in [5.74, 6) is 1.34. The molecule has 16 heavy (non-hydrogen) atoms. The highest BCUT2D eigenvalue weighted by molar-refractivity contribution is 9.10. The van der Waals surface area contributed by atoms with E-state index in [1.165, 1.54) is 0 Å². The first kappa shape index (κ1) is 10.0. The number of rotatable bonds is 1. The van der Waals surface area contributed by atoms with Gasteiger partial charge in [0, 0.05) is 10.4 Å². The molecule has 4 heteroatoms. The predicted octanol–water partition coefficient (Wildman–Crippen LogP) is 3.28. The van der Waals surface area contributed by atoms with Crippen LogP contribution in [0.5, 0.6) is 5.88 Å². The second-order valence-electron chi connectivity index (χ2n) is 4.30. The molecule has 3 nitrogen and oxygen atoms in total. The molecule has 0 bridgehead atoms. The lowest BCUT2D eigenvalue weighted by molar-refractivity contribution is 0.456. The molecule has 0 unspecified atom stereocenters. The smallest absolute Gasteiger partial charge is 0.222 e. The summed E-state index contributed by atoms with van der Waals surface area (Å²) >= 11 is 3.41. The molecular formula is C12H11BrN2O. The zero-order valence-electron chi connectivity index (χ0n) is 8.87. The van der Waals surface area contributed by atoms with Gasteiger partial charge < -0.3 is 5.11 Å². The molecule has 1 fully saturated rings. The molecule has 3 rings (SSSR count). The van der Waals surface area contributed by atoms with Gasteiger partial charge >= 0.3 is 0 Å². The second kappa shape index (κ2) is 3.42. The van der Waals surface area contributed by atoms with Gasteiger partial charge in [-0.2, -0.15) is 4.98 Å². The van der Waals surface area contributed by atoms with E-state index in [0.29, 0.717) is 5.92 Å². The molecule has 1 heterocycles. The van der Waals surface area contributed by atoms with E-state index in [9.17, 15) is 5.11 Å². The lowest BCUT2D eigenvalue weighted by Crippen LogP contribution is -1.95. The Morgan fingerprint density at radius 1 is 1.31 bits per heavy atom. The summed E-state index contributed by atoms with van der Waals surface area (Å²) in [6.45, 7) is 2.00. The number of hydrogen-bond donors (Lipinski definition) is 1. The minimum atomic E-state index is 0.0938. The quantitative estimate of drug-likeness (QED) is 0.871. The first-order valence-electron chi connectivity index (χ1n) is 5.32. The molecule has 0 aliphatic heterocycles. The van der Waals surface area contributed by atoms with Crippen LogP contribution in [-0.4, -0.2) is 15.1 Å². The molecule has 0 amide bonds. The fourth-order valence-corrected chi connectivity index (χ4v) is 2.46. The summed E-state index contributed by atoms with van der Waals surface area (Å²) in [7, 11) is 0. The minimum absolute atomic E-state index is 0.0938. The van der Waals surface area contributed by atoms with Crippen LogP contribution >= 0.6 is 15.9 Å².